The average molecular weight is 253 g/mol. The van der Waals surface area contributed by atoms with Crippen molar-refractivity contribution in [3.63, 3.8) is 0 Å². The predicted octanol–water partition coefficient (Wildman–Crippen LogP) is 2.90. The van der Waals surface area contributed by atoms with E-state index < -0.39 is 0 Å². The summed E-state index contributed by atoms with van der Waals surface area (Å²) in [7, 11) is 0. The number of hydrogen-bond donors (Lipinski definition) is 1. The minimum atomic E-state index is 0.0681. The van der Waals surface area contributed by atoms with Crippen LogP contribution < -0.4 is 10.1 Å². The Morgan fingerprint density at radius 2 is 2.21 bits per heavy atom. The fraction of sp³-hybridized carbons (Fsp3) is 0.200. The van der Waals surface area contributed by atoms with Gasteiger partial charge in [0.05, 0.1) is 5.69 Å². The number of nitrogens with one attached hydrogen (secondary N) is 1. The lowest BCUT2D eigenvalue weighted by molar-refractivity contribution is 0.368. The van der Waals surface area contributed by atoms with Crippen LogP contribution in [0.2, 0.25) is 0 Å². The first-order valence-electron chi connectivity index (χ1n) is 6.02. The van der Waals surface area contributed by atoms with Gasteiger partial charge in [-0.15, -0.1) is 0 Å². The molecule has 0 aliphatic carbocycles. The fourth-order valence-corrected chi connectivity index (χ4v) is 1.72. The summed E-state index contributed by atoms with van der Waals surface area (Å²) >= 11 is 0. The largest absolute Gasteiger partial charge is 0.479 e. The van der Waals surface area contributed by atoms with E-state index in [1.54, 1.807) is 6.20 Å². The van der Waals surface area contributed by atoms with Crippen molar-refractivity contribution in [2.45, 2.75) is 13.5 Å². The SMILES string of the molecule is Cc1cncc(NCc2cccc(OCC#N)c2)c1. The van der Waals surface area contributed by atoms with Crippen LogP contribution in [0.5, 0.6) is 5.75 Å². The van der Waals surface area contributed by atoms with Crippen molar-refractivity contribution in [1.29, 1.82) is 5.26 Å². The van der Waals surface area contributed by atoms with Crippen LogP contribution in [0.4, 0.5) is 5.69 Å². The van der Waals surface area contributed by atoms with E-state index in [2.05, 4.69) is 10.3 Å². The topological polar surface area (TPSA) is 57.9 Å². The van der Waals surface area contributed by atoms with E-state index in [0.717, 1.165) is 16.8 Å². The molecule has 0 spiro atoms. The van der Waals surface area contributed by atoms with Gasteiger partial charge in [0, 0.05) is 18.9 Å². The third-order valence-electron chi connectivity index (χ3n) is 2.57. The van der Waals surface area contributed by atoms with Crippen LogP contribution in [0.25, 0.3) is 0 Å². The Morgan fingerprint density at radius 1 is 1.32 bits per heavy atom. The number of nitrogens with zero attached hydrogens (tertiary/aromatic N) is 2. The maximum absolute atomic E-state index is 8.48. The van der Waals surface area contributed by atoms with E-state index in [0.29, 0.717) is 12.3 Å². The van der Waals surface area contributed by atoms with Crippen molar-refractivity contribution >= 4 is 5.69 Å². The predicted molar refractivity (Wildman–Crippen MR) is 73.9 cm³/mol. The van der Waals surface area contributed by atoms with E-state index in [1.807, 2.05) is 49.5 Å². The molecule has 4 nitrogen and oxygen atoms in total. The van der Waals surface area contributed by atoms with Crippen molar-refractivity contribution in [1.82, 2.24) is 4.98 Å². The van der Waals surface area contributed by atoms with Gasteiger partial charge in [0.15, 0.2) is 6.61 Å². The Balaban J connectivity index is 1.98. The second-order valence-electron chi connectivity index (χ2n) is 4.20. The first-order valence-corrected chi connectivity index (χ1v) is 6.02. The van der Waals surface area contributed by atoms with Gasteiger partial charge < -0.3 is 10.1 Å². The molecule has 2 rings (SSSR count). The van der Waals surface area contributed by atoms with Gasteiger partial charge in [-0.3, -0.25) is 4.98 Å². The Bertz CT molecular complexity index is 590. The first kappa shape index (κ1) is 12.9. The minimum Gasteiger partial charge on any atom is -0.479 e. The number of nitriles is 1. The first-order chi connectivity index (χ1) is 9.28. The van der Waals surface area contributed by atoms with Crippen LogP contribution in [0.1, 0.15) is 11.1 Å². The zero-order valence-corrected chi connectivity index (χ0v) is 10.8. The average Bonchev–Trinajstić information content (AvgIpc) is 2.43. The molecular weight excluding hydrogens is 238 g/mol. The number of ether oxygens (including phenoxy) is 1. The summed E-state index contributed by atoms with van der Waals surface area (Å²) in [5.74, 6) is 0.711. The smallest absolute Gasteiger partial charge is 0.174 e. The molecular formula is C15H15N3O. The van der Waals surface area contributed by atoms with Gasteiger partial charge in [-0.2, -0.15) is 5.26 Å². The number of aryl methyl sites for hydroxylation is 1. The van der Waals surface area contributed by atoms with Crippen molar-refractivity contribution in [3.8, 4) is 11.8 Å². The maximum atomic E-state index is 8.48. The zero-order valence-electron chi connectivity index (χ0n) is 10.8. The van der Waals surface area contributed by atoms with Gasteiger partial charge in [0.25, 0.3) is 0 Å². The van der Waals surface area contributed by atoms with Gasteiger partial charge in [-0.1, -0.05) is 12.1 Å². The molecule has 0 unspecified atom stereocenters. The zero-order chi connectivity index (χ0) is 13.5. The molecule has 0 radical (unpaired) electrons. The molecule has 19 heavy (non-hydrogen) atoms. The highest BCUT2D eigenvalue weighted by atomic mass is 16.5. The minimum absolute atomic E-state index is 0.0681. The molecule has 2 aromatic rings. The van der Waals surface area contributed by atoms with Crippen LogP contribution in [0.3, 0.4) is 0 Å². The fourth-order valence-electron chi connectivity index (χ4n) is 1.72. The molecule has 0 saturated heterocycles. The third-order valence-corrected chi connectivity index (χ3v) is 2.57. The van der Waals surface area contributed by atoms with Gasteiger partial charge in [-0.25, -0.2) is 0 Å². The van der Waals surface area contributed by atoms with Crippen molar-refractivity contribution in [3.05, 3.63) is 53.9 Å². The Morgan fingerprint density at radius 3 is 3.00 bits per heavy atom. The quantitative estimate of drug-likeness (QED) is 0.890. The number of aromatic nitrogens is 1. The number of hydrogen-bond acceptors (Lipinski definition) is 4. The van der Waals surface area contributed by atoms with E-state index >= 15 is 0 Å². The van der Waals surface area contributed by atoms with Crippen molar-refractivity contribution in [2.75, 3.05) is 11.9 Å². The highest BCUT2D eigenvalue weighted by Gasteiger charge is 1.98. The summed E-state index contributed by atoms with van der Waals surface area (Å²) in [6.07, 6.45) is 3.62. The van der Waals surface area contributed by atoms with Gasteiger partial charge in [-0.05, 0) is 36.2 Å². The van der Waals surface area contributed by atoms with Gasteiger partial charge >= 0.3 is 0 Å². The molecule has 96 valence electrons. The lowest BCUT2D eigenvalue weighted by atomic mass is 10.2. The molecule has 1 N–H and O–H groups in total. The summed E-state index contributed by atoms with van der Waals surface area (Å²) in [5, 5.41) is 11.8. The van der Waals surface area contributed by atoms with E-state index in [9.17, 15) is 0 Å². The summed E-state index contributed by atoms with van der Waals surface area (Å²) in [6, 6.07) is 11.7. The summed E-state index contributed by atoms with van der Waals surface area (Å²) in [5.41, 5.74) is 3.20. The van der Waals surface area contributed by atoms with Crippen LogP contribution in [-0.2, 0) is 6.54 Å². The summed E-state index contributed by atoms with van der Waals surface area (Å²) in [6.45, 7) is 2.77. The van der Waals surface area contributed by atoms with Crippen molar-refractivity contribution in [2.24, 2.45) is 0 Å². The molecule has 1 heterocycles. The molecule has 0 atom stereocenters. The summed E-state index contributed by atoms with van der Waals surface area (Å²) < 4.78 is 5.27. The second kappa shape index (κ2) is 6.41. The van der Waals surface area contributed by atoms with Gasteiger partial charge in [0.2, 0.25) is 0 Å². The number of benzene rings is 1. The maximum Gasteiger partial charge on any atom is 0.174 e. The molecule has 1 aromatic heterocycles. The van der Waals surface area contributed by atoms with Crippen molar-refractivity contribution < 1.29 is 4.74 Å². The van der Waals surface area contributed by atoms with E-state index in [4.69, 9.17) is 10.00 Å². The number of rotatable bonds is 5. The van der Waals surface area contributed by atoms with E-state index in [1.165, 1.54) is 0 Å². The molecule has 0 bridgehead atoms. The number of pyridine rings is 1. The Labute approximate surface area is 112 Å². The molecule has 4 heteroatoms. The lowest BCUT2D eigenvalue weighted by Gasteiger charge is -2.08. The highest BCUT2D eigenvalue weighted by Crippen LogP contribution is 2.15. The molecule has 0 fully saturated rings. The molecule has 0 amide bonds. The van der Waals surface area contributed by atoms with Gasteiger partial charge in [0.1, 0.15) is 11.8 Å². The Hall–Kier alpha value is -2.54. The van der Waals surface area contributed by atoms with E-state index in [-0.39, 0.29) is 6.61 Å². The van der Waals surface area contributed by atoms with Crippen LogP contribution in [-0.4, -0.2) is 11.6 Å². The highest BCUT2D eigenvalue weighted by molar-refractivity contribution is 5.43. The van der Waals surface area contributed by atoms with Crippen LogP contribution in [0, 0.1) is 18.3 Å². The lowest BCUT2D eigenvalue weighted by Crippen LogP contribution is -2.01. The molecule has 0 aliphatic heterocycles. The van der Waals surface area contributed by atoms with Crippen LogP contribution in [0.15, 0.2) is 42.7 Å². The standard InChI is InChI=1S/C15H15N3O/c1-12-7-14(11-17-9-12)18-10-13-3-2-4-15(8-13)19-6-5-16/h2-4,7-9,11,18H,6,10H2,1H3. The normalized spacial score (nSPS) is 9.68. The molecule has 0 saturated carbocycles. The third kappa shape index (κ3) is 4.00. The summed E-state index contributed by atoms with van der Waals surface area (Å²) in [4.78, 5) is 4.13. The Kier molecular flexibility index (Phi) is 4.35. The number of anilines is 1. The second-order valence-corrected chi connectivity index (χ2v) is 4.20. The monoisotopic (exact) mass is 253 g/mol. The van der Waals surface area contributed by atoms with Crippen LogP contribution >= 0.6 is 0 Å². The molecule has 1 aromatic carbocycles. The molecule has 0 aliphatic rings.